The lowest BCUT2D eigenvalue weighted by Gasteiger charge is -2.31. The standard InChI is InChI=1S/C22H34N2O3/c1-3-15-23(2)16-9-4-5-10-19-26-20-13-17-24(18-14-20)22(25)27-21-11-7-6-8-12-21/h3,6-8,11-12,20H,1,4-5,9-10,13-19H2,2H3. The maximum atomic E-state index is 12.2. The van der Waals surface area contributed by atoms with Crippen LogP contribution in [0.4, 0.5) is 4.79 Å². The third kappa shape index (κ3) is 8.59. The Balaban J connectivity index is 1.50. The van der Waals surface area contributed by atoms with Gasteiger partial charge in [-0.15, -0.1) is 6.58 Å². The Bertz CT molecular complexity index is 542. The Labute approximate surface area is 163 Å². The van der Waals surface area contributed by atoms with Crippen molar-refractivity contribution in [2.45, 2.75) is 44.6 Å². The SMILES string of the molecule is C=CCN(C)CCCCCCOC1CCN(C(=O)Oc2ccccc2)CC1. The van der Waals surface area contributed by atoms with Gasteiger partial charge in [0.2, 0.25) is 0 Å². The monoisotopic (exact) mass is 374 g/mol. The number of carbonyl (C=O) groups excluding carboxylic acids is 1. The number of amides is 1. The van der Waals surface area contributed by atoms with Crippen LogP contribution >= 0.6 is 0 Å². The Morgan fingerprint density at radius 3 is 2.59 bits per heavy atom. The largest absolute Gasteiger partial charge is 0.415 e. The van der Waals surface area contributed by atoms with Gasteiger partial charge in [0.15, 0.2) is 0 Å². The van der Waals surface area contributed by atoms with E-state index >= 15 is 0 Å². The zero-order valence-corrected chi connectivity index (χ0v) is 16.6. The first-order valence-electron chi connectivity index (χ1n) is 10.1. The Morgan fingerprint density at radius 1 is 1.19 bits per heavy atom. The van der Waals surface area contributed by atoms with Gasteiger partial charge in [-0.05, 0) is 51.4 Å². The van der Waals surface area contributed by atoms with Crippen LogP contribution in [0, 0.1) is 0 Å². The molecule has 1 heterocycles. The zero-order valence-electron chi connectivity index (χ0n) is 16.6. The highest BCUT2D eigenvalue weighted by Gasteiger charge is 2.24. The number of hydrogen-bond donors (Lipinski definition) is 0. The fourth-order valence-corrected chi connectivity index (χ4v) is 3.26. The van der Waals surface area contributed by atoms with Crippen LogP contribution < -0.4 is 4.74 Å². The number of rotatable bonds is 11. The Kier molecular flexibility index (Phi) is 9.95. The average molecular weight is 375 g/mol. The van der Waals surface area contributed by atoms with Crippen molar-refractivity contribution < 1.29 is 14.3 Å². The first-order chi connectivity index (χ1) is 13.2. The lowest BCUT2D eigenvalue weighted by atomic mass is 10.1. The van der Waals surface area contributed by atoms with Crippen LogP contribution in [0.15, 0.2) is 43.0 Å². The summed E-state index contributed by atoms with van der Waals surface area (Å²) in [6, 6.07) is 9.22. The molecule has 1 aromatic rings. The van der Waals surface area contributed by atoms with Crippen LogP contribution in [0.5, 0.6) is 5.75 Å². The summed E-state index contributed by atoms with van der Waals surface area (Å²) in [7, 11) is 2.13. The third-order valence-electron chi connectivity index (χ3n) is 4.88. The molecule has 27 heavy (non-hydrogen) atoms. The van der Waals surface area contributed by atoms with E-state index in [-0.39, 0.29) is 12.2 Å². The van der Waals surface area contributed by atoms with Crippen LogP contribution in [0.25, 0.3) is 0 Å². The summed E-state index contributed by atoms with van der Waals surface area (Å²) in [6.07, 6.45) is 8.52. The quantitative estimate of drug-likeness (QED) is 0.427. The van der Waals surface area contributed by atoms with Crippen LogP contribution in [-0.4, -0.2) is 61.8 Å². The predicted octanol–water partition coefficient (Wildman–Crippen LogP) is 4.34. The smallest absolute Gasteiger partial charge is 0.410 e. The van der Waals surface area contributed by atoms with E-state index in [1.54, 1.807) is 17.0 Å². The second kappa shape index (κ2) is 12.5. The van der Waals surface area contributed by atoms with E-state index in [1.807, 2.05) is 24.3 Å². The maximum absolute atomic E-state index is 12.2. The van der Waals surface area contributed by atoms with Crippen molar-refractivity contribution in [1.82, 2.24) is 9.80 Å². The summed E-state index contributed by atoms with van der Waals surface area (Å²) < 4.78 is 11.4. The van der Waals surface area contributed by atoms with E-state index in [0.717, 1.165) is 39.0 Å². The molecule has 0 aromatic heterocycles. The molecule has 0 unspecified atom stereocenters. The third-order valence-corrected chi connectivity index (χ3v) is 4.88. The molecule has 0 radical (unpaired) electrons. The van der Waals surface area contributed by atoms with Gasteiger partial charge < -0.3 is 19.3 Å². The molecule has 0 atom stereocenters. The number of nitrogens with zero attached hydrogens (tertiary/aromatic N) is 2. The van der Waals surface area contributed by atoms with Gasteiger partial charge in [0.25, 0.3) is 0 Å². The number of ether oxygens (including phenoxy) is 2. The summed E-state index contributed by atoms with van der Waals surface area (Å²) in [6.45, 7) is 8.07. The van der Waals surface area contributed by atoms with Crippen molar-refractivity contribution in [2.75, 3.05) is 39.8 Å². The highest BCUT2D eigenvalue weighted by molar-refractivity contribution is 5.70. The molecular weight excluding hydrogens is 340 g/mol. The van der Waals surface area contributed by atoms with Crippen LogP contribution in [0.2, 0.25) is 0 Å². The van der Waals surface area contributed by atoms with E-state index in [1.165, 1.54) is 19.3 Å². The van der Waals surface area contributed by atoms with Gasteiger partial charge in [-0.1, -0.05) is 37.1 Å². The van der Waals surface area contributed by atoms with E-state index in [4.69, 9.17) is 9.47 Å². The van der Waals surface area contributed by atoms with Gasteiger partial charge in [0.1, 0.15) is 5.75 Å². The second-order valence-electron chi connectivity index (χ2n) is 7.20. The van der Waals surface area contributed by atoms with Gasteiger partial charge in [-0.25, -0.2) is 4.79 Å². The Morgan fingerprint density at radius 2 is 1.89 bits per heavy atom. The summed E-state index contributed by atoms with van der Waals surface area (Å²) in [5.41, 5.74) is 0. The Hall–Kier alpha value is -1.85. The maximum Gasteiger partial charge on any atom is 0.415 e. The fourth-order valence-electron chi connectivity index (χ4n) is 3.26. The molecule has 5 nitrogen and oxygen atoms in total. The molecule has 0 bridgehead atoms. The minimum atomic E-state index is -0.263. The van der Waals surface area contributed by atoms with Gasteiger partial charge in [0, 0.05) is 26.2 Å². The minimum Gasteiger partial charge on any atom is -0.410 e. The predicted molar refractivity (Wildman–Crippen MR) is 109 cm³/mol. The molecule has 5 heteroatoms. The average Bonchev–Trinajstić information content (AvgIpc) is 2.68. The van der Waals surface area contributed by atoms with Crippen LogP contribution in [0.3, 0.4) is 0 Å². The normalized spacial score (nSPS) is 15.1. The van der Waals surface area contributed by atoms with Crippen molar-refractivity contribution in [2.24, 2.45) is 0 Å². The number of unbranched alkanes of at least 4 members (excludes halogenated alkanes) is 3. The van der Waals surface area contributed by atoms with Crippen molar-refractivity contribution >= 4 is 6.09 Å². The molecule has 1 aliphatic heterocycles. The first-order valence-corrected chi connectivity index (χ1v) is 10.1. The van der Waals surface area contributed by atoms with Crippen molar-refractivity contribution in [3.8, 4) is 5.75 Å². The van der Waals surface area contributed by atoms with E-state index in [9.17, 15) is 4.79 Å². The zero-order chi connectivity index (χ0) is 19.3. The van der Waals surface area contributed by atoms with Crippen molar-refractivity contribution in [1.29, 1.82) is 0 Å². The summed E-state index contributed by atoms with van der Waals surface area (Å²) >= 11 is 0. The van der Waals surface area contributed by atoms with Crippen LogP contribution in [-0.2, 0) is 4.74 Å². The molecule has 1 fully saturated rings. The molecular formula is C22H34N2O3. The number of para-hydroxylation sites is 1. The van der Waals surface area contributed by atoms with Gasteiger partial charge in [-0.3, -0.25) is 0 Å². The molecule has 0 N–H and O–H groups in total. The minimum absolute atomic E-state index is 0.263. The van der Waals surface area contributed by atoms with Gasteiger partial charge in [0.05, 0.1) is 6.10 Å². The van der Waals surface area contributed by atoms with E-state index in [0.29, 0.717) is 18.8 Å². The molecule has 0 aliphatic carbocycles. The topological polar surface area (TPSA) is 42.0 Å². The number of likely N-dealkylation sites (tertiary alicyclic amines) is 1. The number of benzene rings is 1. The lowest BCUT2D eigenvalue weighted by molar-refractivity contribution is 0.00929. The number of hydrogen-bond acceptors (Lipinski definition) is 4. The summed E-state index contributed by atoms with van der Waals surface area (Å²) in [4.78, 5) is 16.2. The molecule has 150 valence electrons. The number of likely N-dealkylation sites (N-methyl/N-ethyl adjacent to an activating group) is 1. The summed E-state index contributed by atoms with van der Waals surface area (Å²) in [5.74, 6) is 0.594. The molecule has 1 aliphatic rings. The molecule has 0 saturated carbocycles. The number of carbonyl (C=O) groups is 1. The lowest BCUT2D eigenvalue weighted by Crippen LogP contribution is -2.42. The molecule has 2 rings (SSSR count). The highest BCUT2D eigenvalue weighted by atomic mass is 16.6. The highest BCUT2D eigenvalue weighted by Crippen LogP contribution is 2.17. The summed E-state index contributed by atoms with van der Waals surface area (Å²) in [5, 5.41) is 0. The first kappa shape index (κ1) is 21.5. The van der Waals surface area contributed by atoms with Crippen molar-refractivity contribution in [3.63, 3.8) is 0 Å². The fraction of sp³-hybridized carbons (Fsp3) is 0.591. The second-order valence-corrected chi connectivity index (χ2v) is 7.20. The molecule has 1 amide bonds. The van der Waals surface area contributed by atoms with Crippen LogP contribution in [0.1, 0.15) is 38.5 Å². The van der Waals surface area contributed by atoms with Crippen molar-refractivity contribution in [3.05, 3.63) is 43.0 Å². The van der Waals surface area contributed by atoms with Gasteiger partial charge >= 0.3 is 6.09 Å². The van der Waals surface area contributed by atoms with E-state index < -0.39 is 0 Å². The molecule has 1 saturated heterocycles. The molecule has 0 spiro atoms. The molecule has 1 aromatic carbocycles. The number of piperidine rings is 1. The van der Waals surface area contributed by atoms with E-state index in [2.05, 4.69) is 18.5 Å². The van der Waals surface area contributed by atoms with Gasteiger partial charge in [-0.2, -0.15) is 0 Å².